The van der Waals surface area contributed by atoms with Crippen LogP contribution in [0, 0.1) is 0 Å². The van der Waals surface area contributed by atoms with Crippen LogP contribution in [-0.2, 0) is 34.0 Å². The summed E-state index contributed by atoms with van der Waals surface area (Å²) in [5.74, 6) is 0. The molecule has 0 spiro atoms. The third-order valence-corrected chi connectivity index (χ3v) is 7.94. The summed E-state index contributed by atoms with van der Waals surface area (Å²) in [5.41, 5.74) is 9.69. The Morgan fingerprint density at radius 3 is 1.50 bits per heavy atom. The molecule has 0 aromatic heterocycles. The summed E-state index contributed by atoms with van der Waals surface area (Å²) in [6.45, 7) is 3.21. The highest BCUT2D eigenvalue weighted by molar-refractivity contribution is 5.16. The van der Waals surface area contributed by atoms with E-state index < -0.39 is 24.4 Å². The van der Waals surface area contributed by atoms with Crippen molar-refractivity contribution in [2.24, 2.45) is 5.73 Å². The number of ether oxygens (including phenoxy) is 3. The van der Waals surface area contributed by atoms with Gasteiger partial charge in [-0.05, 0) is 29.5 Å². The van der Waals surface area contributed by atoms with Gasteiger partial charge in [-0.25, -0.2) is 0 Å². The zero-order valence-corrected chi connectivity index (χ0v) is 26.8. The van der Waals surface area contributed by atoms with E-state index in [9.17, 15) is 5.11 Å². The average molecular weight is 602 g/mol. The highest BCUT2D eigenvalue weighted by Crippen LogP contribution is 2.22. The summed E-state index contributed by atoms with van der Waals surface area (Å²) in [5, 5.41) is 10.2. The second kappa shape index (κ2) is 22.7. The van der Waals surface area contributed by atoms with Gasteiger partial charge in [-0.3, -0.25) is 0 Å². The van der Waals surface area contributed by atoms with E-state index in [0.717, 1.165) is 29.5 Å². The summed E-state index contributed by atoms with van der Waals surface area (Å²) in [6.07, 6.45) is 15.5. The van der Waals surface area contributed by atoms with Gasteiger partial charge in [0.05, 0.1) is 32.5 Å². The molecule has 0 heterocycles. The molecule has 0 amide bonds. The maximum atomic E-state index is 10.2. The molecular weight excluding hydrogens is 546 g/mol. The first kappa shape index (κ1) is 35.7. The molecule has 0 bridgehead atoms. The molecule has 5 heteroatoms. The normalized spacial score (nSPS) is 14.4. The standard InChI is InChI=1S/C39H55NO4/c1-2-3-4-5-6-7-8-9-10-11-21-28-37(42-30-33-22-15-12-16-23-33)39(44-32-35-26-19-14-20-27-35)38(36(40)29-41)43-31-34-24-17-13-18-25-34/h12-28,36-39,41H,2-11,29-32,40H2,1H3/b28-21-/t36-,37+,38-,39+/m0/s1. The molecule has 4 atom stereocenters. The topological polar surface area (TPSA) is 73.9 Å². The zero-order valence-electron chi connectivity index (χ0n) is 26.8. The van der Waals surface area contributed by atoms with Crippen molar-refractivity contribution in [1.29, 1.82) is 0 Å². The molecule has 0 aliphatic carbocycles. The number of hydrogen-bond acceptors (Lipinski definition) is 5. The fourth-order valence-corrected chi connectivity index (χ4v) is 5.31. The minimum absolute atomic E-state index is 0.224. The number of allylic oxidation sites excluding steroid dienone is 1. The number of unbranched alkanes of at least 4 members (excludes halogenated alkanes) is 9. The molecule has 3 N–H and O–H groups in total. The van der Waals surface area contributed by atoms with E-state index in [-0.39, 0.29) is 6.61 Å². The number of rotatable bonds is 24. The SMILES string of the molecule is CCCCCCCCCCC/C=C\[C@@H](OCc1ccccc1)[C@@H](OCc1ccccc1)[C@@H](OCc1ccccc1)[C@@H](N)CO. The molecule has 0 radical (unpaired) electrons. The van der Waals surface area contributed by atoms with Crippen molar-refractivity contribution in [3.8, 4) is 0 Å². The van der Waals surface area contributed by atoms with E-state index in [1.165, 1.54) is 51.4 Å². The average Bonchev–Trinajstić information content (AvgIpc) is 3.07. The van der Waals surface area contributed by atoms with Crippen LogP contribution in [0.5, 0.6) is 0 Å². The first-order valence-electron chi connectivity index (χ1n) is 16.7. The summed E-state index contributed by atoms with van der Waals surface area (Å²) < 4.78 is 19.6. The third kappa shape index (κ3) is 14.3. The molecule has 5 nitrogen and oxygen atoms in total. The Kier molecular flexibility index (Phi) is 18.4. The Morgan fingerprint density at radius 2 is 1.02 bits per heavy atom. The molecular formula is C39H55NO4. The Hall–Kier alpha value is -2.80. The van der Waals surface area contributed by atoms with Crippen molar-refractivity contribution in [1.82, 2.24) is 0 Å². The molecule has 3 rings (SSSR count). The Morgan fingerprint density at radius 1 is 0.591 bits per heavy atom. The van der Waals surface area contributed by atoms with Crippen LogP contribution in [0.15, 0.2) is 103 Å². The fourth-order valence-electron chi connectivity index (χ4n) is 5.31. The molecule has 3 aromatic carbocycles. The van der Waals surface area contributed by atoms with Gasteiger partial charge in [0.2, 0.25) is 0 Å². The Labute approximate surface area is 266 Å². The Bertz CT molecular complexity index is 1110. The number of nitrogens with two attached hydrogens (primary N) is 1. The Balaban J connectivity index is 1.73. The van der Waals surface area contributed by atoms with Gasteiger partial charge in [0, 0.05) is 0 Å². The molecule has 0 fully saturated rings. The summed E-state index contributed by atoms with van der Waals surface area (Å²) >= 11 is 0. The lowest BCUT2D eigenvalue weighted by Crippen LogP contribution is -2.52. The lowest BCUT2D eigenvalue weighted by Gasteiger charge is -2.35. The molecule has 0 unspecified atom stereocenters. The number of aliphatic hydroxyl groups excluding tert-OH is 1. The first-order chi connectivity index (χ1) is 21.7. The van der Waals surface area contributed by atoms with Crippen molar-refractivity contribution >= 4 is 0 Å². The predicted octanol–water partition coefficient (Wildman–Crippen LogP) is 8.54. The zero-order chi connectivity index (χ0) is 31.1. The van der Waals surface area contributed by atoms with Crippen molar-refractivity contribution in [3.63, 3.8) is 0 Å². The van der Waals surface area contributed by atoms with Gasteiger partial charge in [0.1, 0.15) is 18.3 Å². The molecule has 0 saturated heterocycles. The van der Waals surface area contributed by atoms with Gasteiger partial charge >= 0.3 is 0 Å². The van der Waals surface area contributed by atoms with Crippen LogP contribution in [0.4, 0.5) is 0 Å². The molecule has 240 valence electrons. The van der Waals surface area contributed by atoms with Crippen molar-refractivity contribution < 1.29 is 19.3 Å². The highest BCUT2D eigenvalue weighted by atomic mass is 16.6. The van der Waals surface area contributed by atoms with E-state index in [2.05, 4.69) is 31.2 Å². The van der Waals surface area contributed by atoms with Gasteiger partial charge in [-0.1, -0.05) is 161 Å². The minimum Gasteiger partial charge on any atom is -0.395 e. The van der Waals surface area contributed by atoms with E-state index in [1.807, 2.05) is 78.9 Å². The maximum Gasteiger partial charge on any atom is 0.115 e. The monoisotopic (exact) mass is 601 g/mol. The summed E-state index contributed by atoms with van der Waals surface area (Å²) in [6, 6.07) is 29.6. The van der Waals surface area contributed by atoms with Crippen LogP contribution >= 0.6 is 0 Å². The smallest absolute Gasteiger partial charge is 0.115 e. The third-order valence-electron chi connectivity index (χ3n) is 7.94. The lowest BCUT2D eigenvalue weighted by molar-refractivity contribution is -0.147. The number of aliphatic hydroxyl groups is 1. The van der Waals surface area contributed by atoms with E-state index in [4.69, 9.17) is 19.9 Å². The van der Waals surface area contributed by atoms with Gasteiger partial charge < -0.3 is 25.1 Å². The van der Waals surface area contributed by atoms with E-state index >= 15 is 0 Å². The maximum absolute atomic E-state index is 10.2. The van der Waals surface area contributed by atoms with Crippen molar-refractivity contribution in [2.75, 3.05) is 6.61 Å². The van der Waals surface area contributed by atoms with Gasteiger partial charge in [0.25, 0.3) is 0 Å². The van der Waals surface area contributed by atoms with Crippen LogP contribution in [0.2, 0.25) is 0 Å². The van der Waals surface area contributed by atoms with Crippen LogP contribution in [0.1, 0.15) is 87.8 Å². The van der Waals surface area contributed by atoms with Crippen molar-refractivity contribution in [3.05, 3.63) is 120 Å². The van der Waals surface area contributed by atoms with Crippen LogP contribution in [0.25, 0.3) is 0 Å². The second-order valence-electron chi connectivity index (χ2n) is 11.7. The van der Waals surface area contributed by atoms with Crippen LogP contribution < -0.4 is 5.73 Å². The van der Waals surface area contributed by atoms with Gasteiger partial charge in [0.15, 0.2) is 0 Å². The molecule has 3 aromatic rings. The van der Waals surface area contributed by atoms with Gasteiger partial charge in [-0.2, -0.15) is 0 Å². The number of hydrogen-bond donors (Lipinski definition) is 2. The first-order valence-corrected chi connectivity index (χ1v) is 16.7. The molecule has 0 aliphatic heterocycles. The molecule has 0 aliphatic rings. The van der Waals surface area contributed by atoms with Crippen LogP contribution in [-0.4, -0.2) is 36.1 Å². The van der Waals surface area contributed by atoms with Gasteiger partial charge in [-0.15, -0.1) is 0 Å². The quantitative estimate of drug-likeness (QED) is 0.0795. The molecule has 44 heavy (non-hydrogen) atoms. The lowest BCUT2D eigenvalue weighted by atomic mass is 9.99. The minimum atomic E-state index is -0.645. The second-order valence-corrected chi connectivity index (χ2v) is 11.7. The van der Waals surface area contributed by atoms with E-state index in [0.29, 0.717) is 19.8 Å². The van der Waals surface area contributed by atoms with E-state index in [1.54, 1.807) is 0 Å². The predicted molar refractivity (Wildman–Crippen MR) is 181 cm³/mol. The largest absolute Gasteiger partial charge is 0.395 e. The number of benzene rings is 3. The van der Waals surface area contributed by atoms with Crippen molar-refractivity contribution in [2.45, 2.75) is 115 Å². The summed E-state index contributed by atoms with van der Waals surface area (Å²) in [4.78, 5) is 0. The fraction of sp³-hybridized carbons (Fsp3) is 0.487. The van der Waals surface area contributed by atoms with Crippen LogP contribution in [0.3, 0.4) is 0 Å². The molecule has 0 saturated carbocycles. The highest BCUT2D eigenvalue weighted by Gasteiger charge is 2.35. The summed E-state index contributed by atoms with van der Waals surface area (Å²) in [7, 11) is 0.